The number of anilines is 1. The Balaban J connectivity index is 1.17. The fourth-order valence-corrected chi connectivity index (χ4v) is 6.21. The Morgan fingerprint density at radius 3 is 2.34 bits per heavy atom. The Morgan fingerprint density at radius 1 is 1.03 bits per heavy atom. The Kier molecular flexibility index (Phi) is 5.46. The van der Waals surface area contributed by atoms with Crippen molar-refractivity contribution < 1.29 is 8.42 Å². The summed E-state index contributed by atoms with van der Waals surface area (Å²) in [6, 6.07) is 14.1. The molecule has 2 aromatic heterocycles. The van der Waals surface area contributed by atoms with Crippen LogP contribution < -0.4 is 5.32 Å². The number of hydrogen-bond acceptors (Lipinski definition) is 7. The third-order valence-corrected chi connectivity index (χ3v) is 8.36. The van der Waals surface area contributed by atoms with Crippen LogP contribution in [-0.2, 0) is 23.4 Å². The predicted octanol–water partition coefficient (Wildman–Crippen LogP) is 2.67. The standard InChI is InChI=1S/C23H28N6O2S/c1-16-10-20(27-28(16)2)15-29-13-17-11-19(12-18(17)14-29)24-22-8-9-23(26-25-22)32(30,31)21-6-4-3-5-7-21/h3-10,17-19H,11-15H2,1-2H3,(H,24,25)/t17-,18+,19+. The van der Waals surface area contributed by atoms with Crippen LogP contribution in [0.4, 0.5) is 5.82 Å². The first-order valence-electron chi connectivity index (χ1n) is 11.0. The van der Waals surface area contributed by atoms with Crippen LogP contribution >= 0.6 is 0 Å². The van der Waals surface area contributed by atoms with Gasteiger partial charge in [-0.25, -0.2) is 8.42 Å². The molecule has 1 saturated heterocycles. The number of sulfone groups is 1. The Labute approximate surface area is 188 Å². The summed E-state index contributed by atoms with van der Waals surface area (Å²) >= 11 is 0. The molecule has 3 heterocycles. The first-order valence-corrected chi connectivity index (χ1v) is 12.5. The van der Waals surface area contributed by atoms with Crippen LogP contribution in [0, 0.1) is 18.8 Å². The van der Waals surface area contributed by atoms with Gasteiger partial charge in [-0.1, -0.05) is 18.2 Å². The Morgan fingerprint density at radius 2 is 1.75 bits per heavy atom. The van der Waals surface area contributed by atoms with Gasteiger partial charge in [0.2, 0.25) is 9.84 Å². The van der Waals surface area contributed by atoms with E-state index < -0.39 is 9.84 Å². The van der Waals surface area contributed by atoms with Gasteiger partial charge in [-0.3, -0.25) is 9.58 Å². The third-order valence-electron chi connectivity index (χ3n) is 6.70. The van der Waals surface area contributed by atoms with Crippen molar-refractivity contribution in [3.8, 4) is 0 Å². The van der Waals surface area contributed by atoms with E-state index in [1.54, 1.807) is 36.4 Å². The van der Waals surface area contributed by atoms with Crippen LogP contribution in [0.15, 0.2) is 58.5 Å². The Hall–Kier alpha value is -2.78. The van der Waals surface area contributed by atoms with Crippen LogP contribution in [0.25, 0.3) is 0 Å². The molecule has 3 atom stereocenters. The maximum absolute atomic E-state index is 12.7. The van der Waals surface area contributed by atoms with Crippen LogP contribution in [0.1, 0.15) is 24.2 Å². The molecule has 1 aromatic carbocycles. The summed E-state index contributed by atoms with van der Waals surface area (Å²) in [5.74, 6) is 1.97. The fraction of sp³-hybridized carbons (Fsp3) is 0.435. The topological polar surface area (TPSA) is 93.0 Å². The molecule has 1 saturated carbocycles. The number of nitrogens with one attached hydrogen (secondary N) is 1. The van der Waals surface area contributed by atoms with E-state index in [9.17, 15) is 8.42 Å². The minimum absolute atomic E-state index is 0.0297. The molecule has 2 aliphatic rings. The molecule has 1 N–H and O–H groups in total. The molecule has 1 aliphatic carbocycles. The van der Waals surface area contributed by atoms with Crippen molar-refractivity contribution in [1.29, 1.82) is 0 Å². The number of rotatable bonds is 6. The Bertz CT molecular complexity index is 1160. The average molecular weight is 453 g/mol. The van der Waals surface area contributed by atoms with Crippen molar-refractivity contribution in [2.45, 2.75) is 42.3 Å². The zero-order chi connectivity index (χ0) is 22.3. The molecule has 1 aliphatic heterocycles. The van der Waals surface area contributed by atoms with Gasteiger partial charge in [0.1, 0.15) is 5.82 Å². The van der Waals surface area contributed by atoms with Crippen LogP contribution in [0.3, 0.4) is 0 Å². The van der Waals surface area contributed by atoms with Crippen molar-refractivity contribution in [1.82, 2.24) is 24.9 Å². The van der Waals surface area contributed by atoms with Crippen molar-refractivity contribution in [2.75, 3.05) is 18.4 Å². The van der Waals surface area contributed by atoms with Crippen LogP contribution in [0.2, 0.25) is 0 Å². The summed E-state index contributed by atoms with van der Waals surface area (Å²) in [7, 11) is -1.66. The zero-order valence-electron chi connectivity index (χ0n) is 18.3. The highest BCUT2D eigenvalue weighted by molar-refractivity contribution is 7.91. The SMILES string of the molecule is Cc1cc(CN2C[C@H]3C[C@H](Nc4ccc(S(=O)(=O)c5ccccc5)nn4)C[C@H]3C2)nn1C. The lowest BCUT2D eigenvalue weighted by Gasteiger charge is -2.19. The van der Waals surface area contributed by atoms with Crippen molar-refractivity contribution >= 4 is 15.7 Å². The summed E-state index contributed by atoms with van der Waals surface area (Å²) in [4.78, 5) is 2.74. The van der Waals surface area contributed by atoms with Crippen LogP contribution in [-0.4, -0.2) is 52.4 Å². The second-order valence-electron chi connectivity index (χ2n) is 9.00. The number of fused-ring (bicyclic) bond motifs is 1. The number of benzene rings is 1. The lowest BCUT2D eigenvalue weighted by atomic mass is 10.0. The number of hydrogen-bond donors (Lipinski definition) is 1. The molecule has 168 valence electrons. The quantitative estimate of drug-likeness (QED) is 0.615. The highest BCUT2D eigenvalue weighted by Gasteiger charge is 2.41. The molecule has 32 heavy (non-hydrogen) atoms. The molecule has 8 nitrogen and oxygen atoms in total. The number of likely N-dealkylation sites (tertiary alicyclic amines) is 1. The largest absolute Gasteiger partial charge is 0.366 e. The monoisotopic (exact) mass is 452 g/mol. The second kappa shape index (κ2) is 8.29. The summed E-state index contributed by atoms with van der Waals surface area (Å²) in [5.41, 5.74) is 2.33. The molecule has 0 unspecified atom stereocenters. The predicted molar refractivity (Wildman–Crippen MR) is 121 cm³/mol. The van der Waals surface area contributed by atoms with Gasteiger partial charge >= 0.3 is 0 Å². The van der Waals surface area contributed by atoms with E-state index >= 15 is 0 Å². The molecule has 0 radical (unpaired) electrons. The van der Waals surface area contributed by atoms with E-state index in [2.05, 4.69) is 38.5 Å². The van der Waals surface area contributed by atoms with Crippen molar-refractivity contribution in [3.63, 3.8) is 0 Å². The molecular formula is C23H28N6O2S. The number of aromatic nitrogens is 4. The number of aryl methyl sites for hydroxylation is 2. The van der Waals surface area contributed by atoms with Gasteiger partial charge in [0.25, 0.3) is 0 Å². The minimum Gasteiger partial charge on any atom is -0.366 e. The summed E-state index contributed by atoms with van der Waals surface area (Å²) in [6.07, 6.45) is 2.18. The fourth-order valence-electron chi connectivity index (χ4n) is 5.06. The van der Waals surface area contributed by atoms with Gasteiger partial charge < -0.3 is 5.32 Å². The van der Waals surface area contributed by atoms with Gasteiger partial charge in [-0.2, -0.15) is 5.10 Å². The van der Waals surface area contributed by atoms with Gasteiger partial charge in [0.15, 0.2) is 5.03 Å². The molecule has 0 spiro atoms. The lowest BCUT2D eigenvalue weighted by molar-refractivity contribution is 0.296. The van der Waals surface area contributed by atoms with Gasteiger partial charge in [-0.05, 0) is 61.9 Å². The normalized spacial score (nSPS) is 23.4. The molecule has 3 aromatic rings. The van der Waals surface area contributed by atoms with Crippen LogP contribution in [0.5, 0.6) is 0 Å². The van der Waals surface area contributed by atoms with E-state index in [-0.39, 0.29) is 9.92 Å². The minimum atomic E-state index is -3.64. The first kappa shape index (κ1) is 21.1. The van der Waals surface area contributed by atoms with Crippen molar-refractivity contribution in [3.05, 3.63) is 59.9 Å². The van der Waals surface area contributed by atoms with Crippen molar-refractivity contribution in [2.24, 2.45) is 18.9 Å². The maximum atomic E-state index is 12.7. The maximum Gasteiger partial charge on any atom is 0.225 e. The molecule has 0 amide bonds. The first-order chi connectivity index (χ1) is 15.4. The van der Waals surface area contributed by atoms with Gasteiger partial charge in [-0.15, -0.1) is 10.2 Å². The lowest BCUT2D eigenvalue weighted by Crippen LogP contribution is -2.25. The second-order valence-corrected chi connectivity index (χ2v) is 10.9. The highest BCUT2D eigenvalue weighted by Crippen LogP contribution is 2.39. The molecule has 2 fully saturated rings. The summed E-state index contributed by atoms with van der Waals surface area (Å²) in [6.45, 7) is 5.18. The molecule has 0 bridgehead atoms. The van der Waals surface area contributed by atoms with E-state index in [0.29, 0.717) is 23.7 Å². The van der Waals surface area contributed by atoms with E-state index in [4.69, 9.17) is 0 Å². The summed E-state index contributed by atoms with van der Waals surface area (Å²) < 4.78 is 27.3. The van der Waals surface area contributed by atoms with E-state index in [1.165, 1.54) is 11.8 Å². The molecular weight excluding hydrogens is 424 g/mol. The van der Waals surface area contributed by atoms with Gasteiger partial charge in [0, 0.05) is 38.4 Å². The van der Waals surface area contributed by atoms with Gasteiger partial charge in [0.05, 0.1) is 10.6 Å². The molecule has 5 rings (SSSR count). The highest BCUT2D eigenvalue weighted by atomic mass is 32.2. The van der Waals surface area contributed by atoms with E-state index in [0.717, 1.165) is 38.2 Å². The zero-order valence-corrected chi connectivity index (χ0v) is 19.2. The number of nitrogens with zero attached hydrogens (tertiary/aromatic N) is 5. The summed E-state index contributed by atoms with van der Waals surface area (Å²) in [5, 5.41) is 16.2. The third kappa shape index (κ3) is 4.14. The van der Waals surface area contributed by atoms with E-state index in [1.807, 2.05) is 11.7 Å². The average Bonchev–Trinajstić information content (AvgIpc) is 3.42. The smallest absolute Gasteiger partial charge is 0.225 e. The molecule has 9 heteroatoms.